The summed E-state index contributed by atoms with van der Waals surface area (Å²) in [5.41, 5.74) is 1.05. The lowest BCUT2D eigenvalue weighted by Gasteiger charge is -2.15. The van der Waals surface area contributed by atoms with Gasteiger partial charge in [-0.25, -0.2) is 4.39 Å². The number of hydrogen-bond donors (Lipinski definition) is 1. The van der Waals surface area contributed by atoms with Crippen molar-refractivity contribution in [3.05, 3.63) is 41.0 Å². The quantitative estimate of drug-likeness (QED) is 0.666. The summed E-state index contributed by atoms with van der Waals surface area (Å²) in [5, 5.41) is 8.48. The maximum absolute atomic E-state index is 14.2. The van der Waals surface area contributed by atoms with Crippen LogP contribution in [0.25, 0.3) is 21.5 Å². The highest BCUT2D eigenvalue weighted by Gasteiger charge is 2.21. The largest absolute Gasteiger partial charge is 0.349 e. The van der Waals surface area contributed by atoms with Crippen LogP contribution in [0, 0.1) is 5.82 Å². The number of fused-ring (bicyclic) bond motifs is 1. The van der Waals surface area contributed by atoms with Crippen LogP contribution in [0.3, 0.4) is 0 Å². The Morgan fingerprint density at radius 2 is 1.96 bits per heavy atom. The van der Waals surface area contributed by atoms with E-state index in [4.69, 9.17) is 0 Å². The molecule has 0 spiro atoms. The molecule has 1 fully saturated rings. The molecule has 2 heterocycles. The predicted octanol–water partition coefficient (Wildman–Crippen LogP) is 4.89. The van der Waals surface area contributed by atoms with Crippen LogP contribution in [-0.4, -0.2) is 21.7 Å². The van der Waals surface area contributed by atoms with Gasteiger partial charge in [-0.2, -0.15) is 5.10 Å². The Hall–Kier alpha value is -2.21. The van der Waals surface area contributed by atoms with Gasteiger partial charge in [0.25, 0.3) is 5.91 Å². The second-order valence-electron chi connectivity index (χ2n) is 6.94. The van der Waals surface area contributed by atoms with Gasteiger partial charge >= 0.3 is 0 Å². The molecule has 6 heteroatoms. The number of nitrogens with one attached hydrogen (secondary N) is 1. The Kier molecular flexibility index (Phi) is 4.76. The fourth-order valence-corrected chi connectivity index (χ4v) is 4.66. The van der Waals surface area contributed by atoms with Gasteiger partial charge in [0.1, 0.15) is 16.3 Å². The first kappa shape index (κ1) is 17.2. The average molecular weight is 371 g/mol. The summed E-state index contributed by atoms with van der Waals surface area (Å²) in [5.74, 6) is -0.333. The van der Waals surface area contributed by atoms with Gasteiger partial charge in [0.05, 0.1) is 4.88 Å². The van der Waals surface area contributed by atoms with Gasteiger partial charge in [0, 0.05) is 24.0 Å². The lowest BCUT2D eigenvalue weighted by atomic mass is 10.1. The number of carbonyl (C=O) groups is 1. The minimum atomic E-state index is -0.303. The highest BCUT2D eigenvalue weighted by Crippen LogP contribution is 2.34. The molecule has 0 bridgehead atoms. The topological polar surface area (TPSA) is 46.9 Å². The summed E-state index contributed by atoms with van der Waals surface area (Å²) in [7, 11) is 1.83. The van der Waals surface area contributed by atoms with Crippen molar-refractivity contribution in [1.82, 2.24) is 15.1 Å². The lowest BCUT2D eigenvalue weighted by molar-refractivity contribution is 0.0937. The van der Waals surface area contributed by atoms with Gasteiger partial charge in [-0.1, -0.05) is 37.8 Å². The molecule has 3 aromatic rings. The van der Waals surface area contributed by atoms with Crippen LogP contribution in [0.2, 0.25) is 0 Å². The van der Waals surface area contributed by atoms with Gasteiger partial charge in [-0.3, -0.25) is 9.48 Å². The first-order valence-corrected chi connectivity index (χ1v) is 9.97. The van der Waals surface area contributed by atoms with E-state index in [9.17, 15) is 9.18 Å². The van der Waals surface area contributed by atoms with E-state index < -0.39 is 0 Å². The Labute approximate surface area is 156 Å². The van der Waals surface area contributed by atoms with Crippen molar-refractivity contribution in [2.75, 3.05) is 0 Å². The summed E-state index contributed by atoms with van der Waals surface area (Å²) in [6.45, 7) is 0. The number of nitrogens with zero attached hydrogens (tertiary/aromatic N) is 2. The number of thiophene rings is 1. The molecule has 0 atom stereocenters. The molecule has 0 aliphatic heterocycles. The van der Waals surface area contributed by atoms with Crippen LogP contribution in [0.1, 0.15) is 48.2 Å². The van der Waals surface area contributed by atoms with Crippen LogP contribution in [0.15, 0.2) is 30.3 Å². The fourth-order valence-electron chi connectivity index (χ4n) is 3.69. The molecule has 26 heavy (non-hydrogen) atoms. The van der Waals surface area contributed by atoms with Crippen LogP contribution in [0.4, 0.5) is 4.39 Å². The second-order valence-corrected chi connectivity index (χ2v) is 7.97. The summed E-state index contributed by atoms with van der Waals surface area (Å²) >= 11 is 1.41. The summed E-state index contributed by atoms with van der Waals surface area (Å²) in [4.78, 5) is 14.3. The third-order valence-electron chi connectivity index (χ3n) is 5.05. The standard InChI is InChI=1S/C20H22FN3OS/c1-24-20-15(18(23-24)14-10-6-7-11-16(14)21)12-17(26-20)19(25)22-13-8-4-2-3-5-9-13/h6-7,10-13H,2-5,8-9H2,1H3,(H,22,25). The van der Waals surface area contributed by atoms with E-state index in [1.807, 2.05) is 13.1 Å². The Morgan fingerprint density at radius 1 is 1.23 bits per heavy atom. The maximum atomic E-state index is 14.2. The molecule has 4 nitrogen and oxygen atoms in total. The van der Waals surface area contributed by atoms with Gasteiger partial charge in [0.2, 0.25) is 0 Å². The molecule has 1 aliphatic carbocycles. The van der Waals surface area contributed by atoms with Crippen LogP contribution in [-0.2, 0) is 7.05 Å². The van der Waals surface area contributed by atoms with E-state index in [0.29, 0.717) is 16.1 Å². The fraction of sp³-hybridized carbons (Fsp3) is 0.400. The zero-order chi connectivity index (χ0) is 18.1. The number of aryl methyl sites for hydroxylation is 1. The van der Waals surface area contributed by atoms with Gasteiger partial charge in [-0.05, 0) is 31.0 Å². The van der Waals surface area contributed by atoms with E-state index in [-0.39, 0.29) is 17.8 Å². The highest BCUT2D eigenvalue weighted by molar-refractivity contribution is 7.20. The lowest BCUT2D eigenvalue weighted by Crippen LogP contribution is -2.33. The summed E-state index contributed by atoms with van der Waals surface area (Å²) in [6.07, 6.45) is 6.98. The van der Waals surface area contributed by atoms with Crippen molar-refractivity contribution in [3.63, 3.8) is 0 Å². The molecule has 1 saturated carbocycles. The molecule has 136 valence electrons. The van der Waals surface area contributed by atoms with Crippen LogP contribution < -0.4 is 5.32 Å². The molecule has 1 N–H and O–H groups in total. The Bertz CT molecular complexity index is 938. The van der Waals surface area contributed by atoms with E-state index in [0.717, 1.165) is 23.1 Å². The molecule has 2 aromatic heterocycles. The smallest absolute Gasteiger partial charge is 0.261 e. The molecule has 0 radical (unpaired) electrons. The zero-order valence-corrected chi connectivity index (χ0v) is 15.6. The molecule has 0 unspecified atom stereocenters. The second kappa shape index (κ2) is 7.19. The summed E-state index contributed by atoms with van der Waals surface area (Å²) < 4.78 is 15.9. The van der Waals surface area contributed by atoms with E-state index in [2.05, 4.69) is 10.4 Å². The third-order valence-corrected chi connectivity index (χ3v) is 6.26. The highest BCUT2D eigenvalue weighted by atomic mass is 32.1. The number of rotatable bonds is 3. The predicted molar refractivity (Wildman–Crippen MR) is 103 cm³/mol. The number of benzene rings is 1. The minimum absolute atomic E-state index is 0.0300. The van der Waals surface area contributed by atoms with Crippen molar-refractivity contribution in [2.45, 2.75) is 44.6 Å². The molecular formula is C20H22FN3OS. The third kappa shape index (κ3) is 3.26. The van der Waals surface area contributed by atoms with Gasteiger partial charge < -0.3 is 5.32 Å². The van der Waals surface area contributed by atoms with Crippen molar-refractivity contribution < 1.29 is 9.18 Å². The normalized spacial score (nSPS) is 15.9. The molecular weight excluding hydrogens is 349 g/mol. The number of aromatic nitrogens is 2. The molecule has 1 aliphatic rings. The number of hydrogen-bond acceptors (Lipinski definition) is 3. The van der Waals surface area contributed by atoms with Crippen molar-refractivity contribution >= 4 is 27.5 Å². The number of carbonyl (C=O) groups excluding carboxylic acids is 1. The van der Waals surface area contributed by atoms with E-state index in [1.54, 1.807) is 22.9 Å². The summed E-state index contributed by atoms with van der Waals surface area (Å²) in [6, 6.07) is 8.73. The van der Waals surface area contributed by atoms with Crippen molar-refractivity contribution in [3.8, 4) is 11.3 Å². The molecule has 1 aromatic carbocycles. The SMILES string of the molecule is Cn1nc(-c2ccccc2F)c2cc(C(=O)NC3CCCCCC3)sc21. The van der Waals surface area contributed by atoms with Crippen molar-refractivity contribution in [1.29, 1.82) is 0 Å². The minimum Gasteiger partial charge on any atom is -0.349 e. The van der Waals surface area contributed by atoms with Gasteiger partial charge in [0.15, 0.2) is 0 Å². The molecule has 0 saturated heterocycles. The molecule has 4 rings (SSSR count). The Balaban J connectivity index is 1.64. The van der Waals surface area contributed by atoms with Gasteiger partial charge in [-0.15, -0.1) is 11.3 Å². The van der Waals surface area contributed by atoms with Crippen LogP contribution >= 0.6 is 11.3 Å². The first-order valence-electron chi connectivity index (χ1n) is 9.16. The maximum Gasteiger partial charge on any atom is 0.261 e. The first-order chi connectivity index (χ1) is 12.6. The number of amides is 1. The molecule has 1 amide bonds. The monoisotopic (exact) mass is 371 g/mol. The number of halogens is 1. The average Bonchev–Trinajstić information content (AvgIpc) is 3.08. The van der Waals surface area contributed by atoms with E-state index >= 15 is 0 Å². The Morgan fingerprint density at radius 3 is 2.69 bits per heavy atom. The van der Waals surface area contributed by atoms with E-state index in [1.165, 1.54) is 43.1 Å². The van der Waals surface area contributed by atoms with Crippen molar-refractivity contribution in [2.24, 2.45) is 7.05 Å². The zero-order valence-electron chi connectivity index (χ0n) is 14.8. The van der Waals surface area contributed by atoms with Crippen LogP contribution in [0.5, 0.6) is 0 Å².